The zero-order chi connectivity index (χ0) is 21.1. The van der Waals surface area contributed by atoms with E-state index in [0.29, 0.717) is 0 Å². The molecule has 150 valence electrons. The van der Waals surface area contributed by atoms with Gasteiger partial charge in [0.1, 0.15) is 11.5 Å². The first-order valence-corrected chi connectivity index (χ1v) is 10.7. The van der Waals surface area contributed by atoms with E-state index in [9.17, 15) is 0 Å². The summed E-state index contributed by atoms with van der Waals surface area (Å²) in [5.74, 6) is 0.903. The Bertz CT molecular complexity index is 1530. The van der Waals surface area contributed by atoms with Crippen LogP contribution in [-0.4, -0.2) is 19.1 Å². The summed E-state index contributed by atoms with van der Waals surface area (Å²) in [4.78, 5) is 9.58. The molecule has 0 fully saturated rings. The van der Waals surface area contributed by atoms with Gasteiger partial charge in [-0.1, -0.05) is 54.6 Å². The number of fused-ring (bicyclic) bond motifs is 6. The molecule has 0 spiro atoms. The predicted octanol–water partition coefficient (Wildman–Crippen LogP) is 6.67. The SMILES string of the molecule is c1ccc2c(c1)c1ccccc1n2-c1ccc(-n2c3ccccc3c3cccnc32)cn1. The molecule has 7 aromatic rings. The quantitative estimate of drug-likeness (QED) is 0.319. The number of nitrogens with zero attached hydrogens (tertiary/aromatic N) is 4. The fourth-order valence-electron chi connectivity index (χ4n) is 4.87. The maximum Gasteiger partial charge on any atom is 0.145 e. The van der Waals surface area contributed by atoms with Gasteiger partial charge in [-0.05, 0) is 42.5 Å². The van der Waals surface area contributed by atoms with Gasteiger partial charge in [-0.15, -0.1) is 0 Å². The first kappa shape index (κ1) is 17.3. The molecule has 4 heterocycles. The fourth-order valence-corrected chi connectivity index (χ4v) is 4.87. The smallest absolute Gasteiger partial charge is 0.145 e. The van der Waals surface area contributed by atoms with Crippen molar-refractivity contribution in [2.24, 2.45) is 0 Å². The molecule has 7 rings (SSSR count). The van der Waals surface area contributed by atoms with E-state index < -0.39 is 0 Å². The van der Waals surface area contributed by atoms with Crippen LogP contribution in [-0.2, 0) is 0 Å². The molecule has 0 N–H and O–H groups in total. The Balaban J connectivity index is 1.47. The number of aromatic nitrogens is 4. The van der Waals surface area contributed by atoms with Gasteiger partial charge in [-0.25, -0.2) is 9.97 Å². The van der Waals surface area contributed by atoms with Crippen molar-refractivity contribution in [2.45, 2.75) is 0 Å². The van der Waals surface area contributed by atoms with E-state index in [2.05, 4.69) is 105 Å². The van der Waals surface area contributed by atoms with Crippen LogP contribution in [0.15, 0.2) is 109 Å². The lowest BCUT2D eigenvalue weighted by atomic mass is 10.2. The van der Waals surface area contributed by atoms with Gasteiger partial charge < -0.3 is 0 Å². The minimum Gasteiger partial charge on any atom is -0.294 e. The molecule has 0 unspecified atom stereocenters. The summed E-state index contributed by atoms with van der Waals surface area (Å²) in [5.41, 5.74) is 5.40. The van der Waals surface area contributed by atoms with Crippen LogP contribution in [0.4, 0.5) is 0 Å². The van der Waals surface area contributed by atoms with Crippen LogP contribution in [0, 0.1) is 0 Å². The van der Waals surface area contributed by atoms with E-state index in [0.717, 1.165) is 39.1 Å². The number of hydrogen-bond donors (Lipinski definition) is 0. The van der Waals surface area contributed by atoms with Gasteiger partial charge in [0, 0.05) is 27.7 Å². The van der Waals surface area contributed by atoms with Gasteiger partial charge in [0.2, 0.25) is 0 Å². The number of rotatable bonds is 2. The van der Waals surface area contributed by atoms with Crippen LogP contribution in [0.2, 0.25) is 0 Å². The first-order chi connectivity index (χ1) is 15.9. The lowest BCUT2D eigenvalue weighted by Gasteiger charge is -2.10. The maximum absolute atomic E-state index is 4.91. The largest absolute Gasteiger partial charge is 0.294 e. The van der Waals surface area contributed by atoms with Gasteiger partial charge >= 0.3 is 0 Å². The highest BCUT2D eigenvalue weighted by Gasteiger charge is 2.15. The van der Waals surface area contributed by atoms with E-state index in [1.165, 1.54) is 16.2 Å². The molecular formula is C28H18N4. The molecule has 0 saturated carbocycles. The van der Waals surface area contributed by atoms with Crippen LogP contribution in [0.5, 0.6) is 0 Å². The summed E-state index contributed by atoms with van der Waals surface area (Å²) in [7, 11) is 0. The summed E-state index contributed by atoms with van der Waals surface area (Å²) in [6, 6.07) is 33.8. The van der Waals surface area contributed by atoms with E-state index in [1.54, 1.807) is 0 Å². The third kappa shape index (κ3) is 2.32. The molecule has 0 radical (unpaired) electrons. The molecule has 0 atom stereocenters. The summed E-state index contributed by atoms with van der Waals surface area (Å²) in [6.45, 7) is 0. The highest BCUT2D eigenvalue weighted by Crippen LogP contribution is 2.33. The second-order valence-electron chi connectivity index (χ2n) is 7.97. The van der Waals surface area contributed by atoms with Crippen molar-refractivity contribution < 1.29 is 0 Å². The Kier molecular flexibility index (Phi) is 3.52. The molecule has 0 bridgehead atoms. The van der Waals surface area contributed by atoms with E-state index in [1.807, 2.05) is 18.5 Å². The normalized spacial score (nSPS) is 11.8. The second kappa shape index (κ2) is 6.53. The minimum absolute atomic E-state index is 0.903. The Morgan fingerprint density at radius 2 is 1.03 bits per heavy atom. The molecule has 0 aliphatic rings. The number of benzene rings is 3. The highest BCUT2D eigenvalue weighted by molar-refractivity contribution is 6.09. The average Bonchev–Trinajstić information content (AvgIpc) is 3.38. The molecule has 0 aliphatic carbocycles. The van der Waals surface area contributed by atoms with Gasteiger partial charge in [0.15, 0.2) is 0 Å². The van der Waals surface area contributed by atoms with Crippen LogP contribution in [0.25, 0.3) is 55.2 Å². The van der Waals surface area contributed by atoms with Crippen molar-refractivity contribution in [3.63, 3.8) is 0 Å². The van der Waals surface area contributed by atoms with Crippen LogP contribution < -0.4 is 0 Å². The second-order valence-corrected chi connectivity index (χ2v) is 7.97. The van der Waals surface area contributed by atoms with Crippen molar-refractivity contribution >= 4 is 43.7 Å². The Labute approximate surface area is 184 Å². The van der Waals surface area contributed by atoms with Crippen molar-refractivity contribution in [3.8, 4) is 11.5 Å². The van der Waals surface area contributed by atoms with Crippen molar-refractivity contribution in [1.82, 2.24) is 19.1 Å². The van der Waals surface area contributed by atoms with Gasteiger partial charge in [-0.2, -0.15) is 0 Å². The number of pyridine rings is 2. The minimum atomic E-state index is 0.903. The standard InChI is InChI=1S/C28H18N4/c1-5-13-25-20(8-1)21-9-2-6-14-26(21)32(25)27-16-15-19(18-30-27)31-24-12-4-3-10-22(24)23-11-7-17-29-28(23)31/h1-18H. The molecule has 4 heteroatoms. The number of hydrogen-bond acceptors (Lipinski definition) is 2. The molecule has 4 aromatic heterocycles. The molecule has 32 heavy (non-hydrogen) atoms. The topological polar surface area (TPSA) is 35.6 Å². The van der Waals surface area contributed by atoms with Crippen molar-refractivity contribution in [2.75, 3.05) is 0 Å². The Morgan fingerprint density at radius 1 is 0.469 bits per heavy atom. The van der Waals surface area contributed by atoms with Gasteiger partial charge in [-0.3, -0.25) is 9.13 Å². The maximum atomic E-state index is 4.91. The molecule has 0 amide bonds. The van der Waals surface area contributed by atoms with Gasteiger partial charge in [0.25, 0.3) is 0 Å². The highest BCUT2D eigenvalue weighted by atomic mass is 15.1. The Hall–Kier alpha value is -4.44. The molecule has 0 aliphatic heterocycles. The molecular weight excluding hydrogens is 392 g/mol. The van der Waals surface area contributed by atoms with Crippen LogP contribution in [0.3, 0.4) is 0 Å². The number of para-hydroxylation sites is 3. The lowest BCUT2D eigenvalue weighted by Crippen LogP contribution is -2.00. The zero-order valence-corrected chi connectivity index (χ0v) is 17.2. The van der Waals surface area contributed by atoms with Crippen molar-refractivity contribution in [3.05, 3.63) is 109 Å². The van der Waals surface area contributed by atoms with Gasteiger partial charge in [0.05, 0.1) is 28.4 Å². The molecule has 4 nitrogen and oxygen atoms in total. The summed E-state index contributed by atoms with van der Waals surface area (Å²) < 4.78 is 4.42. The van der Waals surface area contributed by atoms with Crippen LogP contribution >= 0.6 is 0 Å². The van der Waals surface area contributed by atoms with Crippen LogP contribution in [0.1, 0.15) is 0 Å². The fraction of sp³-hybridized carbons (Fsp3) is 0. The lowest BCUT2D eigenvalue weighted by molar-refractivity contribution is 1.05. The molecule has 3 aromatic carbocycles. The Morgan fingerprint density at radius 3 is 1.66 bits per heavy atom. The first-order valence-electron chi connectivity index (χ1n) is 10.7. The summed E-state index contributed by atoms with van der Waals surface area (Å²) >= 11 is 0. The summed E-state index contributed by atoms with van der Waals surface area (Å²) in [6.07, 6.45) is 3.79. The van der Waals surface area contributed by atoms with Crippen molar-refractivity contribution in [1.29, 1.82) is 0 Å². The van der Waals surface area contributed by atoms with E-state index in [-0.39, 0.29) is 0 Å². The summed E-state index contributed by atoms with van der Waals surface area (Å²) in [5, 5.41) is 4.82. The van der Waals surface area contributed by atoms with E-state index in [4.69, 9.17) is 4.98 Å². The molecule has 0 saturated heterocycles. The third-order valence-corrected chi connectivity index (χ3v) is 6.23. The third-order valence-electron chi connectivity index (χ3n) is 6.23. The average molecular weight is 410 g/mol. The zero-order valence-electron chi connectivity index (χ0n) is 17.2. The predicted molar refractivity (Wildman–Crippen MR) is 131 cm³/mol. The van der Waals surface area contributed by atoms with E-state index >= 15 is 0 Å². The monoisotopic (exact) mass is 410 g/mol.